The van der Waals surface area contributed by atoms with Gasteiger partial charge in [-0.3, -0.25) is 14.6 Å². The lowest BCUT2D eigenvalue weighted by molar-refractivity contribution is -0.132. The monoisotopic (exact) mass is 381 g/mol. The molecule has 0 atom stereocenters. The van der Waals surface area contributed by atoms with Crippen LogP contribution in [0.4, 0.5) is 4.39 Å². The SMILES string of the molecule is CCc1cc(-c2ccc(F)c(C)c2)nn1CC(=O)N1CCc2cn[nH]c2CC1. The van der Waals surface area contributed by atoms with Crippen molar-refractivity contribution < 1.29 is 9.18 Å². The first-order valence-corrected chi connectivity index (χ1v) is 9.67. The molecule has 0 spiro atoms. The van der Waals surface area contributed by atoms with E-state index in [2.05, 4.69) is 15.3 Å². The fourth-order valence-corrected chi connectivity index (χ4v) is 3.68. The minimum absolute atomic E-state index is 0.0674. The summed E-state index contributed by atoms with van der Waals surface area (Å²) in [5.74, 6) is -0.159. The lowest BCUT2D eigenvalue weighted by atomic mass is 10.1. The normalized spacial score (nSPS) is 14.0. The minimum Gasteiger partial charge on any atom is -0.340 e. The first-order chi connectivity index (χ1) is 13.5. The van der Waals surface area contributed by atoms with Crippen LogP contribution in [-0.2, 0) is 30.6 Å². The van der Waals surface area contributed by atoms with E-state index in [9.17, 15) is 9.18 Å². The van der Waals surface area contributed by atoms with Gasteiger partial charge in [0, 0.05) is 36.5 Å². The van der Waals surface area contributed by atoms with Crippen LogP contribution in [0.25, 0.3) is 11.3 Å². The minimum atomic E-state index is -0.227. The number of carbonyl (C=O) groups excluding carboxylic acids is 1. The summed E-state index contributed by atoms with van der Waals surface area (Å²) in [6, 6.07) is 6.97. The zero-order valence-corrected chi connectivity index (χ0v) is 16.2. The van der Waals surface area contributed by atoms with Crippen LogP contribution in [0.1, 0.15) is 29.4 Å². The summed E-state index contributed by atoms with van der Waals surface area (Å²) in [5.41, 5.74) is 5.53. The Balaban J connectivity index is 1.51. The van der Waals surface area contributed by atoms with E-state index < -0.39 is 0 Å². The molecule has 2 aromatic heterocycles. The molecule has 0 saturated heterocycles. The van der Waals surface area contributed by atoms with Crippen LogP contribution in [0.5, 0.6) is 0 Å². The second kappa shape index (κ2) is 7.58. The Bertz CT molecular complexity index is 984. The number of carbonyl (C=O) groups is 1. The van der Waals surface area contributed by atoms with Gasteiger partial charge in [0.25, 0.3) is 0 Å². The topological polar surface area (TPSA) is 66.8 Å². The number of aromatic nitrogens is 4. The number of aryl methyl sites for hydroxylation is 2. The van der Waals surface area contributed by atoms with Gasteiger partial charge >= 0.3 is 0 Å². The Morgan fingerprint density at radius 1 is 1.25 bits per heavy atom. The van der Waals surface area contributed by atoms with Crippen molar-refractivity contribution in [2.45, 2.75) is 39.7 Å². The van der Waals surface area contributed by atoms with Crippen LogP contribution >= 0.6 is 0 Å². The van der Waals surface area contributed by atoms with E-state index >= 15 is 0 Å². The van der Waals surface area contributed by atoms with E-state index in [4.69, 9.17) is 0 Å². The number of nitrogens with one attached hydrogen (secondary N) is 1. The quantitative estimate of drug-likeness (QED) is 0.756. The maximum absolute atomic E-state index is 13.6. The number of hydrogen-bond donors (Lipinski definition) is 1. The van der Waals surface area contributed by atoms with E-state index in [1.54, 1.807) is 23.7 Å². The molecular formula is C21H24FN5O. The predicted molar refractivity (Wildman–Crippen MR) is 104 cm³/mol. The van der Waals surface area contributed by atoms with E-state index in [0.717, 1.165) is 41.9 Å². The van der Waals surface area contributed by atoms with Gasteiger partial charge in [-0.05, 0) is 55.2 Å². The standard InChI is InChI=1S/C21H24FN5O/c1-3-17-11-20(15-4-5-18(22)14(2)10-15)25-27(17)13-21(28)26-8-6-16-12-23-24-19(16)7-9-26/h4-5,10-12H,3,6-9,13H2,1-2H3,(H,23,24). The Morgan fingerprint density at radius 3 is 2.86 bits per heavy atom. The van der Waals surface area contributed by atoms with Crippen molar-refractivity contribution in [3.05, 3.63) is 58.8 Å². The summed E-state index contributed by atoms with van der Waals surface area (Å²) in [4.78, 5) is 14.8. The Labute approximate surface area is 163 Å². The fourth-order valence-electron chi connectivity index (χ4n) is 3.68. The molecule has 0 saturated carbocycles. The van der Waals surface area contributed by atoms with Gasteiger partial charge in [0.2, 0.25) is 5.91 Å². The first-order valence-electron chi connectivity index (χ1n) is 9.67. The predicted octanol–water partition coefficient (Wildman–Crippen LogP) is 2.91. The molecule has 1 amide bonds. The maximum Gasteiger partial charge on any atom is 0.244 e. The third-order valence-corrected chi connectivity index (χ3v) is 5.41. The van der Waals surface area contributed by atoms with Gasteiger partial charge in [-0.2, -0.15) is 10.2 Å². The number of H-pyrrole nitrogens is 1. The van der Waals surface area contributed by atoms with Crippen LogP contribution in [-0.4, -0.2) is 43.9 Å². The number of rotatable bonds is 4. The molecule has 0 aliphatic carbocycles. The van der Waals surface area contributed by atoms with Gasteiger partial charge in [0.15, 0.2) is 0 Å². The summed E-state index contributed by atoms with van der Waals surface area (Å²) in [6.07, 6.45) is 4.23. The Morgan fingerprint density at radius 2 is 2.07 bits per heavy atom. The van der Waals surface area contributed by atoms with Crippen molar-refractivity contribution in [2.24, 2.45) is 0 Å². The molecule has 0 unspecified atom stereocenters. The zero-order chi connectivity index (χ0) is 19.7. The highest BCUT2D eigenvalue weighted by molar-refractivity contribution is 5.76. The van der Waals surface area contributed by atoms with Gasteiger partial charge in [-0.15, -0.1) is 0 Å². The molecule has 0 fully saturated rings. The number of benzene rings is 1. The number of aromatic amines is 1. The van der Waals surface area contributed by atoms with Crippen molar-refractivity contribution in [2.75, 3.05) is 13.1 Å². The third kappa shape index (κ3) is 3.56. The van der Waals surface area contributed by atoms with Gasteiger partial charge in [-0.1, -0.05) is 6.92 Å². The van der Waals surface area contributed by atoms with Gasteiger partial charge in [0.1, 0.15) is 12.4 Å². The maximum atomic E-state index is 13.6. The number of amides is 1. The number of fused-ring (bicyclic) bond motifs is 1. The average Bonchev–Trinajstić information content (AvgIpc) is 3.25. The van der Waals surface area contributed by atoms with Crippen molar-refractivity contribution >= 4 is 5.91 Å². The number of nitrogens with zero attached hydrogens (tertiary/aromatic N) is 4. The van der Waals surface area contributed by atoms with Crippen LogP contribution in [0.2, 0.25) is 0 Å². The summed E-state index contributed by atoms with van der Waals surface area (Å²) in [5, 5.41) is 11.7. The molecule has 0 radical (unpaired) electrons. The molecule has 1 N–H and O–H groups in total. The largest absolute Gasteiger partial charge is 0.340 e. The Kier molecular flexibility index (Phi) is 4.98. The van der Waals surface area contributed by atoms with Crippen molar-refractivity contribution in [1.29, 1.82) is 0 Å². The van der Waals surface area contributed by atoms with E-state index in [1.807, 2.05) is 24.1 Å². The van der Waals surface area contributed by atoms with E-state index in [0.29, 0.717) is 18.7 Å². The fraction of sp³-hybridized carbons (Fsp3) is 0.381. The van der Waals surface area contributed by atoms with E-state index in [1.165, 1.54) is 11.6 Å². The molecule has 0 bridgehead atoms. The molecule has 4 rings (SSSR count). The van der Waals surface area contributed by atoms with Crippen LogP contribution in [0.3, 0.4) is 0 Å². The average molecular weight is 381 g/mol. The molecule has 1 aliphatic rings. The lowest BCUT2D eigenvalue weighted by Gasteiger charge is -2.20. The summed E-state index contributed by atoms with van der Waals surface area (Å²) >= 11 is 0. The smallest absolute Gasteiger partial charge is 0.244 e. The summed E-state index contributed by atoms with van der Waals surface area (Å²) in [7, 11) is 0. The second-order valence-electron chi connectivity index (χ2n) is 7.25. The van der Waals surface area contributed by atoms with Crippen LogP contribution in [0.15, 0.2) is 30.5 Å². The Hall–Kier alpha value is -2.96. The molecule has 146 valence electrons. The third-order valence-electron chi connectivity index (χ3n) is 5.41. The summed E-state index contributed by atoms with van der Waals surface area (Å²) < 4.78 is 15.3. The molecule has 3 aromatic rings. The molecule has 28 heavy (non-hydrogen) atoms. The molecule has 7 heteroatoms. The number of halogens is 1. The lowest BCUT2D eigenvalue weighted by Crippen LogP contribution is -2.36. The van der Waals surface area contributed by atoms with Crippen molar-refractivity contribution in [3.63, 3.8) is 0 Å². The molecule has 1 aromatic carbocycles. The van der Waals surface area contributed by atoms with Crippen molar-refractivity contribution in [1.82, 2.24) is 24.9 Å². The van der Waals surface area contributed by atoms with Gasteiger partial charge in [0.05, 0.1) is 11.9 Å². The highest BCUT2D eigenvalue weighted by Gasteiger charge is 2.21. The van der Waals surface area contributed by atoms with Crippen molar-refractivity contribution in [3.8, 4) is 11.3 Å². The van der Waals surface area contributed by atoms with E-state index in [-0.39, 0.29) is 18.3 Å². The van der Waals surface area contributed by atoms with Gasteiger partial charge in [-0.25, -0.2) is 4.39 Å². The number of hydrogen-bond acceptors (Lipinski definition) is 3. The summed E-state index contributed by atoms with van der Waals surface area (Å²) in [6.45, 7) is 5.38. The molecule has 6 nitrogen and oxygen atoms in total. The highest BCUT2D eigenvalue weighted by atomic mass is 19.1. The molecule has 3 heterocycles. The molecule has 1 aliphatic heterocycles. The van der Waals surface area contributed by atoms with Gasteiger partial charge < -0.3 is 4.90 Å². The van der Waals surface area contributed by atoms with Crippen LogP contribution < -0.4 is 0 Å². The highest BCUT2D eigenvalue weighted by Crippen LogP contribution is 2.22. The zero-order valence-electron chi connectivity index (χ0n) is 16.2. The molecular weight excluding hydrogens is 357 g/mol. The van der Waals surface area contributed by atoms with Crippen LogP contribution in [0, 0.1) is 12.7 Å². The first kappa shape index (κ1) is 18.4. The second-order valence-corrected chi connectivity index (χ2v) is 7.25.